The van der Waals surface area contributed by atoms with Gasteiger partial charge in [0.05, 0.1) is 13.2 Å². The molecule has 3 atom stereocenters. The van der Waals surface area contributed by atoms with Crippen LogP contribution in [0.25, 0.3) is 0 Å². The van der Waals surface area contributed by atoms with Gasteiger partial charge < -0.3 is 14.8 Å². The van der Waals surface area contributed by atoms with Crippen molar-refractivity contribution in [3.05, 3.63) is 29.8 Å². The molecule has 1 fully saturated rings. The van der Waals surface area contributed by atoms with Gasteiger partial charge in [0, 0.05) is 12.6 Å². The van der Waals surface area contributed by atoms with E-state index < -0.39 is 0 Å². The van der Waals surface area contributed by atoms with Gasteiger partial charge in [0.1, 0.15) is 5.75 Å². The Hall–Kier alpha value is -1.06. The summed E-state index contributed by atoms with van der Waals surface area (Å²) in [6.45, 7) is 6.38. The molecule has 0 radical (unpaired) electrons. The van der Waals surface area contributed by atoms with Crippen LogP contribution in [0.4, 0.5) is 0 Å². The van der Waals surface area contributed by atoms with Crippen molar-refractivity contribution in [3.63, 3.8) is 0 Å². The molecule has 1 heterocycles. The number of rotatable bonds is 6. The molecule has 1 aromatic rings. The van der Waals surface area contributed by atoms with Gasteiger partial charge in [-0.2, -0.15) is 0 Å². The minimum absolute atomic E-state index is 0.355. The minimum Gasteiger partial charge on any atom is -0.497 e. The lowest BCUT2D eigenvalue weighted by Crippen LogP contribution is -2.37. The first-order valence-corrected chi connectivity index (χ1v) is 7.17. The molecule has 106 valence electrons. The Morgan fingerprint density at radius 2 is 2.11 bits per heavy atom. The Labute approximate surface area is 116 Å². The quantitative estimate of drug-likeness (QED) is 0.856. The molecule has 2 rings (SSSR count). The fourth-order valence-electron chi connectivity index (χ4n) is 2.59. The summed E-state index contributed by atoms with van der Waals surface area (Å²) >= 11 is 0. The topological polar surface area (TPSA) is 30.5 Å². The van der Waals surface area contributed by atoms with Crippen LogP contribution < -0.4 is 10.1 Å². The summed E-state index contributed by atoms with van der Waals surface area (Å²) in [5.74, 6) is 1.55. The Balaban J connectivity index is 1.75. The maximum atomic E-state index is 5.57. The van der Waals surface area contributed by atoms with Crippen LogP contribution in [0.1, 0.15) is 25.8 Å². The lowest BCUT2D eigenvalue weighted by atomic mass is 10.0. The van der Waals surface area contributed by atoms with Gasteiger partial charge in [-0.05, 0) is 49.9 Å². The normalized spacial score (nSPS) is 24.4. The maximum absolute atomic E-state index is 5.57. The van der Waals surface area contributed by atoms with Crippen molar-refractivity contribution in [1.29, 1.82) is 0 Å². The highest BCUT2D eigenvalue weighted by molar-refractivity contribution is 5.27. The number of hydrogen-bond donors (Lipinski definition) is 1. The van der Waals surface area contributed by atoms with E-state index in [0.717, 1.165) is 31.7 Å². The largest absolute Gasteiger partial charge is 0.497 e. The number of methoxy groups -OCH3 is 1. The summed E-state index contributed by atoms with van der Waals surface area (Å²) in [5, 5.41) is 3.62. The molecule has 1 aliphatic heterocycles. The smallest absolute Gasteiger partial charge is 0.118 e. The second-order valence-corrected chi connectivity index (χ2v) is 5.54. The van der Waals surface area contributed by atoms with Crippen LogP contribution in [0.3, 0.4) is 0 Å². The van der Waals surface area contributed by atoms with Crippen molar-refractivity contribution >= 4 is 0 Å². The molecule has 0 bridgehead atoms. The van der Waals surface area contributed by atoms with E-state index in [1.807, 2.05) is 12.1 Å². The van der Waals surface area contributed by atoms with Gasteiger partial charge in [-0.3, -0.25) is 0 Å². The molecular weight excluding hydrogens is 238 g/mol. The van der Waals surface area contributed by atoms with Crippen LogP contribution in [0.15, 0.2) is 24.3 Å². The zero-order valence-corrected chi connectivity index (χ0v) is 12.2. The van der Waals surface area contributed by atoms with E-state index >= 15 is 0 Å². The zero-order valence-electron chi connectivity index (χ0n) is 12.2. The van der Waals surface area contributed by atoms with Crippen molar-refractivity contribution < 1.29 is 9.47 Å². The van der Waals surface area contributed by atoms with E-state index in [4.69, 9.17) is 9.47 Å². The first-order chi connectivity index (χ1) is 9.19. The van der Waals surface area contributed by atoms with Gasteiger partial charge in [-0.1, -0.05) is 19.1 Å². The van der Waals surface area contributed by atoms with E-state index in [2.05, 4.69) is 31.3 Å². The molecule has 0 saturated carbocycles. The van der Waals surface area contributed by atoms with Crippen molar-refractivity contribution in [2.75, 3.05) is 20.3 Å². The molecule has 0 aliphatic carbocycles. The summed E-state index contributed by atoms with van der Waals surface area (Å²) in [7, 11) is 1.70. The average Bonchev–Trinajstić information content (AvgIpc) is 2.83. The molecule has 0 aromatic heterocycles. The lowest BCUT2D eigenvalue weighted by molar-refractivity contribution is 0.112. The molecule has 0 amide bonds. The van der Waals surface area contributed by atoms with Gasteiger partial charge in [-0.15, -0.1) is 0 Å². The molecule has 3 heteroatoms. The van der Waals surface area contributed by atoms with Gasteiger partial charge in [0.25, 0.3) is 0 Å². The molecule has 19 heavy (non-hydrogen) atoms. The first kappa shape index (κ1) is 14.4. The third-order valence-electron chi connectivity index (χ3n) is 3.85. The summed E-state index contributed by atoms with van der Waals surface area (Å²) in [4.78, 5) is 0. The van der Waals surface area contributed by atoms with Gasteiger partial charge in [0.15, 0.2) is 0 Å². The second-order valence-electron chi connectivity index (χ2n) is 5.54. The Morgan fingerprint density at radius 1 is 1.37 bits per heavy atom. The number of benzene rings is 1. The molecule has 1 saturated heterocycles. The highest BCUT2D eigenvalue weighted by Crippen LogP contribution is 2.16. The van der Waals surface area contributed by atoms with E-state index in [1.165, 1.54) is 5.56 Å². The van der Waals surface area contributed by atoms with Gasteiger partial charge in [0.2, 0.25) is 0 Å². The van der Waals surface area contributed by atoms with E-state index in [-0.39, 0.29) is 0 Å². The highest BCUT2D eigenvalue weighted by Gasteiger charge is 2.23. The van der Waals surface area contributed by atoms with Crippen LogP contribution in [-0.4, -0.2) is 32.4 Å². The Kier molecular flexibility index (Phi) is 5.23. The van der Waals surface area contributed by atoms with Crippen LogP contribution in [0, 0.1) is 5.92 Å². The van der Waals surface area contributed by atoms with E-state index in [0.29, 0.717) is 18.1 Å². The van der Waals surface area contributed by atoms with Crippen molar-refractivity contribution in [3.8, 4) is 5.75 Å². The van der Waals surface area contributed by atoms with E-state index in [1.54, 1.807) is 7.11 Å². The van der Waals surface area contributed by atoms with Gasteiger partial charge >= 0.3 is 0 Å². The Morgan fingerprint density at radius 3 is 2.68 bits per heavy atom. The number of hydrogen-bond acceptors (Lipinski definition) is 3. The molecule has 3 nitrogen and oxygen atoms in total. The third-order valence-corrected chi connectivity index (χ3v) is 3.85. The molecule has 1 aromatic carbocycles. The predicted octanol–water partition coefficient (Wildman–Crippen LogP) is 2.64. The summed E-state index contributed by atoms with van der Waals surface area (Å²) in [6.07, 6.45) is 2.59. The zero-order chi connectivity index (χ0) is 13.7. The van der Waals surface area contributed by atoms with Crippen molar-refractivity contribution in [1.82, 2.24) is 5.32 Å². The van der Waals surface area contributed by atoms with Crippen LogP contribution >= 0.6 is 0 Å². The SMILES string of the molecule is COc1ccc(C[C@H](C)CN[C@H]2CCO[C@H]2C)cc1. The second kappa shape index (κ2) is 6.92. The molecule has 0 spiro atoms. The standard InChI is InChI=1S/C16H25NO2/c1-12(11-17-16-8-9-19-13(16)2)10-14-4-6-15(18-3)7-5-14/h4-7,12-13,16-17H,8-11H2,1-3H3/t12-,13-,16-/m0/s1. The maximum Gasteiger partial charge on any atom is 0.118 e. The predicted molar refractivity (Wildman–Crippen MR) is 77.7 cm³/mol. The highest BCUT2D eigenvalue weighted by atomic mass is 16.5. The molecule has 1 N–H and O–H groups in total. The van der Waals surface area contributed by atoms with Crippen molar-refractivity contribution in [2.24, 2.45) is 5.92 Å². The molecule has 1 aliphatic rings. The summed E-state index contributed by atoms with van der Waals surface area (Å²) in [5.41, 5.74) is 1.37. The van der Waals surface area contributed by atoms with Gasteiger partial charge in [-0.25, -0.2) is 0 Å². The Bertz CT molecular complexity index is 377. The van der Waals surface area contributed by atoms with Crippen LogP contribution in [0.5, 0.6) is 5.75 Å². The fourth-order valence-corrected chi connectivity index (χ4v) is 2.59. The van der Waals surface area contributed by atoms with E-state index in [9.17, 15) is 0 Å². The summed E-state index contributed by atoms with van der Waals surface area (Å²) < 4.78 is 10.7. The minimum atomic E-state index is 0.355. The lowest BCUT2D eigenvalue weighted by Gasteiger charge is -2.19. The molecular formula is C16H25NO2. The van der Waals surface area contributed by atoms with Crippen molar-refractivity contribution in [2.45, 2.75) is 38.8 Å². The van der Waals surface area contributed by atoms with Crippen LogP contribution in [0.2, 0.25) is 0 Å². The summed E-state index contributed by atoms with van der Waals surface area (Å²) in [6, 6.07) is 8.89. The molecule has 0 unspecified atom stereocenters. The third kappa shape index (κ3) is 4.22. The monoisotopic (exact) mass is 263 g/mol. The fraction of sp³-hybridized carbons (Fsp3) is 0.625. The number of nitrogens with one attached hydrogen (secondary N) is 1. The van der Waals surface area contributed by atoms with Crippen LogP contribution in [-0.2, 0) is 11.2 Å². The first-order valence-electron chi connectivity index (χ1n) is 7.17. The number of ether oxygens (including phenoxy) is 2. The average molecular weight is 263 g/mol.